The van der Waals surface area contributed by atoms with E-state index in [0.29, 0.717) is 13.2 Å². The lowest BCUT2D eigenvalue weighted by molar-refractivity contribution is 0.0936. The SMILES string of the molecule is CN=C(NCCCN1CCC(C)CC1)NCC1COc2ccccc2O1. The van der Waals surface area contributed by atoms with E-state index in [1.165, 1.54) is 25.9 Å². The number of hydrogen-bond donors (Lipinski definition) is 2. The van der Waals surface area contributed by atoms with Gasteiger partial charge >= 0.3 is 0 Å². The van der Waals surface area contributed by atoms with Crippen LogP contribution in [-0.2, 0) is 0 Å². The first-order valence-electron chi connectivity index (χ1n) is 9.80. The molecule has 0 aromatic heterocycles. The summed E-state index contributed by atoms with van der Waals surface area (Å²) in [6, 6.07) is 7.79. The number of piperidine rings is 1. The van der Waals surface area contributed by atoms with Gasteiger partial charge in [0.15, 0.2) is 17.5 Å². The monoisotopic (exact) mass is 360 g/mol. The van der Waals surface area contributed by atoms with Gasteiger partial charge in [0.05, 0.1) is 6.54 Å². The van der Waals surface area contributed by atoms with Crippen LogP contribution in [0.4, 0.5) is 0 Å². The van der Waals surface area contributed by atoms with Gasteiger partial charge in [-0.05, 0) is 56.9 Å². The Balaban J connectivity index is 1.31. The van der Waals surface area contributed by atoms with Crippen LogP contribution in [0.5, 0.6) is 11.5 Å². The molecule has 0 aliphatic carbocycles. The molecule has 144 valence electrons. The van der Waals surface area contributed by atoms with Gasteiger partial charge in [-0.25, -0.2) is 0 Å². The minimum Gasteiger partial charge on any atom is -0.486 e. The molecule has 2 aliphatic heterocycles. The molecule has 1 saturated heterocycles. The normalized spacial score (nSPS) is 21.5. The molecule has 0 amide bonds. The number of nitrogens with zero attached hydrogens (tertiary/aromatic N) is 2. The first-order chi connectivity index (χ1) is 12.7. The minimum absolute atomic E-state index is 0.0150. The maximum absolute atomic E-state index is 5.96. The zero-order valence-corrected chi connectivity index (χ0v) is 16.0. The number of nitrogens with one attached hydrogen (secondary N) is 2. The molecule has 0 radical (unpaired) electrons. The van der Waals surface area contributed by atoms with Crippen molar-refractivity contribution in [1.29, 1.82) is 0 Å². The van der Waals surface area contributed by atoms with Gasteiger partial charge in [-0.15, -0.1) is 0 Å². The number of aliphatic imine (C=N–C) groups is 1. The number of fused-ring (bicyclic) bond motifs is 1. The smallest absolute Gasteiger partial charge is 0.191 e. The highest BCUT2D eigenvalue weighted by atomic mass is 16.6. The predicted octanol–water partition coefficient (Wildman–Crippen LogP) is 2.11. The number of benzene rings is 1. The summed E-state index contributed by atoms with van der Waals surface area (Å²) >= 11 is 0. The Bertz CT molecular complexity index is 585. The van der Waals surface area contributed by atoms with Crippen molar-refractivity contribution < 1.29 is 9.47 Å². The number of rotatable bonds is 6. The summed E-state index contributed by atoms with van der Waals surface area (Å²) in [5.74, 6) is 3.34. The Morgan fingerprint density at radius 2 is 1.96 bits per heavy atom. The van der Waals surface area contributed by atoms with Crippen molar-refractivity contribution in [2.24, 2.45) is 10.9 Å². The lowest BCUT2D eigenvalue weighted by atomic mass is 9.99. The molecule has 0 bridgehead atoms. The van der Waals surface area contributed by atoms with Crippen molar-refractivity contribution in [2.75, 3.05) is 46.4 Å². The third-order valence-electron chi connectivity index (χ3n) is 5.11. The van der Waals surface area contributed by atoms with Crippen molar-refractivity contribution in [3.8, 4) is 11.5 Å². The van der Waals surface area contributed by atoms with Crippen LogP contribution in [0.15, 0.2) is 29.3 Å². The molecule has 3 rings (SSSR count). The lowest BCUT2D eigenvalue weighted by Crippen LogP contribution is -2.46. The van der Waals surface area contributed by atoms with E-state index in [4.69, 9.17) is 9.47 Å². The predicted molar refractivity (Wildman–Crippen MR) is 105 cm³/mol. The van der Waals surface area contributed by atoms with Crippen LogP contribution in [0.3, 0.4) is 0 Å². The molecule has 2 N–H and O–H groups in total. The Morgan fingerprint density at radius 1 is 1.19 bits per heavy atom. The van der Waals surface area contributed by atoms with Gasteiger partial charge in [-0.1, -0.05) is 19.1 Å². The average molecular weight is 361 g/mol. The molecule has 1 unspecified atom stereocenters. The van der Waals surface area contributed by atoms with Gasteiger partial charge in [-0.2, -0.15) is 0 Å². The molecule has 1 aromatic carbocycles. The maximum Gasteiger partial charge on any atom is 0.191 e. The van der Waals surface area contributed by atoms with Gasteiger partial charge < -0.3 is 25.0 Å². The Labute approximate surface area is 157 Å². The Kier molecular flexibility index (Phi) is 7.00. The van der Waals surface area contributed by atoms with Gasteiger partial charge in [-0.3, -0.25) is 4.99 Å². The highest BCUT2D eigenvalue weighted by Crippen LogP contribution is 2.30. The van der Waals surface area contributed by atoms with Crippen LogP contribution in [0.2, 0.25) is 0 Å². The lowest BCUT2D eigenvalue weighted by Gasteiger charge is -2.30. The van der Waals surface area contributed by atoms with Gasteiger partial charge in [0.1, 0.15) is 12.7 Å². The fourth-order valence-electron chi connectivity index (χ4n) is 3.39. The molecule has 26 heavy (non-hydrogen) atoms. The van der Waals surface area contributed by atoms with E-state index < -0.39 is 0 Å². The molecule has 0 saturated carbocycles. The van der Waals surface area contributed by atoms with Crippen molar-refractivity contribution in [3.63, 3.8) is 0 Å². The van der Waals surface area contributed by atoms with Crippen LogP contribution in [0.1, 0.15) is 26.2 Å². The zero-order chi connectivity index (χ0) is 18.2. The first-order valence-corrected chi connectivity index (χ1v) is 9.80. The van der Waals surface area contributed by atoms with Crippen LogP contribution in [-0.4, -0.2) is 63.3 Å². The fraction of sp³-hybridized carbons (Fsp3) is 0.650. The summed E-state index contributed by atoms with van der Waals surface area (Å²) in [5.41, 5.74) is 0. The number of para-hydroxylation sites is 2. The van der Waals surface area contributed by atoms with Gasteiger partial charge in [0, 0.05) is 13.6 Å². The summed E-state index contributed by atoms with van der Waals surface area (Å²) < 4.78 is 11.7. The summed E-state index contributed by atoms with van der Waals surface area (Å²) in [7, 11) is 1.80. The topological polar surface area (TPSA) is 58.1 Å². The largest absolute Gasteiger partial charge is 0.486 e. The standard InChI is InChI=1S/C20H32N4O2/c1-16-8-12-24(13-9-16)11-5-10-22-20(21-2)23-14-17-15-25-18-6-3-4-7-19(18)26-17/h3-4,6-7,16-17H,5,8-15H2,1-2H3,(H2,21,22,23). The maximum atomic E-state index is 5.96. The van der Waals surface area contributed by atoms with Crippen LogP contribution >= 0.6 is 0 Å². The van der Waals surface area contributed by atoms with Gasteiger partial charge in [0.2, 0.25) is 0 Å². The zero-order valence-electron chi connectivity index (χ0n) is 16.0. The van der Waals surface area contributed by atoms with Crippen LogP contribution in [0.25, 0.3) is 0 Å². The quantitative estimate of drug-likeness (QED) is 0.462. The van der Waals surface area contributed by atoms with E-state index >= 15 is 0 Å². The van der Waals surface area contributed by atoms with Crippen LogP contribution in [0, 0.1) is 5.92 Å². The molecule has 1 atom stereocenters. The second kappa shape index (κ2) is 9.67. The van der Waals surface area contributed by atoms with Gasteiger partial charge in [0.25, 0.3) is 0 Å². The van der Waals surface area contributed by atoms with E-state index in [2.05, 4.69) is 27.4 Å². The average Bonchev–Trinajstić information content (AvgIpc) is 2.68. The third-order valence-corrected chi connectivity index (χ3v) is 5.11. The summed E-state index contributed by atoms with van der Waals surface area (Å²) in [4.78, 5) is 6.87. The fourth-order valence-corrected chi connectivity index (χ4v) is 3.39. The molecule has 2 heterocycles. The summed E-state index contributed by atoms with van der Waals surface area (Å²) in [6.45, 7) is 8.15. The first kappa shape index (κ1) is 18.8. The second-order valence-electron chi connectivity index (χ2n) is 7.26. The molecule has 2 aliphatic rings. The molecule has 6 nitrogen and oxygen atoms in total. The molecule has 6 heteroatoms. The summed E-state index contributed by atoms with van der Waals surface area (Å²) in [5, 5.41) is 6.73. The molecule has 1 aromatic rings. The van der Waals surface area contributed by atoms with E-state index in [0.717, 1.165) is 42.9 Å². The molecular formula is C20H32N4O2. The van der Waals surface area contributed by atoms with E-state index in [9.17, 15) is 0 Å². The third kappa shape index (κ3) is 5.53. The molecule has 1 fully saturated rings. The Hall–Kier alpha value is -1.95. The highest BCUT2D eigenvalue weighted by molar-refractivity contribution is 5.79. The van der Waals surface area contributed by atoms with Crippen molar-refractivity contribution in [2.45, 2.75) is 32.3 Å². The number of guanidine groups is 1. The number of ether oxygens (including phenoxy) is 2. The van der Waals surface area contributed by atoms with Crippen LogP contribution < -0.4 is 20.1 Å². The van der Waals surface area contributed by atoms with E-state index in [-0.39, 0.29) is 6.10 Å². The molecule has 0 spiro atoms. The second-order valence-corrected chi connectivity index (χ2v) is 7.26. The Morgan fingerprint density at radius 3 is 2.73 bits per heavy atom. The van der Waals surface area contributed by atoms with Crippen molar-refractivity contribution in [3.05, 3.63) is 24.3 Å². The van der Waals surface area contributed by atoms with Crippen molar-refractivity contribution in [1.82, 2.24) is 15.5 Å². The van der Waals surface area contributed by atoms with E-state index in [1.807, 2.05) is 24.3 Å². The highest BCUT2D eigenvalue weighted by Gasteiger charge is 2.20. The minimum atomic E-state index is -0.0150. The van der Waals surface area contributed by atoms with Crippen molar-refractivity contribution >= 4 is 5.96 Å². The summed E-state index contributed by atoms with van der Waals surface area (Å²) in [6.07, 6.45) is 3.79. The van der Waals surface area contributed by atoms with E-state index in [1.54, 1.807) is 7.05 Å². The number of hydrogen-bond acceptors (Lipinski definition) is 4. The molecular weight excluding hydrogens is 328 g/mol. The number of likely N-dealkylation sites (tertiary alicyclic amines) is 1.